The summed E-state index contributed by atoms with van der Waals surface area (Å²) in [5.74, 6) is 0.412. The monoisotopic (exact) mass is 205 g/mol. The summed E-state index contributed by atoms with van der Waals surface area (Å²) >= 11 is 0. The minimum absolute atomic E-state index is 0.346. The zero-order valence-corrected chi connectivity index (χ0v) is 8.82. The van der Waals surface area contributed by atoms with Crippen LogP contribution in [-0.2, 0) is 6.42 Å². The number of hydrogen-bond acceptors (Lipinski definition) is 2. The molecule has 0 atom stereocenters. The average molecular weight is 205 g/mol. The fourth-order valence-electron chi connectivity index (χ4n) is 1.48. The molecular weight excluding hydrogens is 190 g/mol. The normalized spacial score (nSPS) is 15.0. The molecule has 1 aliphatic rings. The number of amides is 1. The van der Waals surface area contributed by atoms with E-state index in [1.165, 1.54) is 0 Å². The fraction of sp³-hybridized carbons (Fsp3) is 0.417. The molecule has 1 amide bonds. The number of hydrogen-bond donors (Lipinski definition) is 1. The van der Waals surface area contributed by atoms with Crippen LogP contribution < -0.4 is 10.5 Å². The van der Waals surface area contributed by atoms with Crippen molar-refractivity contribution in [1.82, 2.24) is 0 Å². The molecule has 0 bridgehead atoms. The lowest BCUT2D eigenvalue weighted by atomic mass is 10.1. The van der Waals surface area contributed by atoms with Crippen molar-refractivity contribution in [2.75, 3.05) is 0 Å². The topological polar surface area (TPSA) is 52.3 Å². The van der Waals surface area contributed by atoms with Crippen molar-refractivity contribution in [3.63, 3.8) is 0 Å². The van der Waals surface area contributed by atoms with Crippen LogP contribution in [0.2, 0.25) is 0 Å². The summed E-state index contributed by atoms with van der Waals surface area (Å²) in [6, 6.07) is 5.41. The van der Waals surface area contributed by atoms with E-state index in [2.05, 4.69) is 6.92 Å². The number of benzene rings is 1. The Morgan fingerprint density at radius 2 is 2.27 bits per heavy atom. The van der Waals surface area contributed by atoms with Crippen molar-refractivity contribution in [2.24, 2.45) is 5.73 Å². The van der Waals surface area contributed by atoms with Gasteiger partial charge in [-0.15, -0.1) is 0 Å². The Bertz CT molecular complexity index is 383. The first-order valence-corrected chi connectivity index (χ1v) is 5.30. The Morgan fingerprint density at radius 3 is 2.80 bits per heavy atom. The smallest absolute Gasteiger partial charge is 0.248 e. The van der Waals surface area contributed by atoms with Gasteiger partial charge in [0.15, 0.2) is 0 Å². The van der Waals surface area contributed by atoms with Crippen LogP contribution in [0.5, 0.6) is 5.75 Å². The molecule has 0 aromatic heterocycles. The first-order valence-electron chi connectivity index (χ1n) is 5.30. The van der Waals surface area contributed by atoms with Gasteiger partial charge < -0.3 is 10.5 Å². The van der Waals surface area contributed by atoms with Gasteiger partial charge in [-0.3, -0.25) is 4.79 Å². The van der Waals surface area contributed by atoms with Crippen LogP contribution in [0.25, 0.3) is 0 Å². The van der Waals surface area contributed by atoms with Gasteiger partial charge in [-0.2, -0.15) is 0 Å². The first kappa shape index (κ1) is 10.0. The lowest BCUT2D eigenvalue weighted by molar-refractivity contribution is 0.0999. The minimum atomic E-state index is -0.404. The highest BCUT2D eigenvalue weighted by molar-refractivity contribution is 5.93. The molecule has 2 N–H and O–H groups in total. The quantitative estimate of drug-likeness (QED) is 0.816. The first-order chi connectivity index (χ1) is 7.20. The summed E-state index contributed by atoms with van der Waals surface area (Å²) in [7, 11) is 0. The highest BCUT2D eigenvalue weighted by atomic mass is 16.5. The van der Waals surface area contributed by atoms with Crippen LogP contribution in [-0.4, -0.2) is 12.0 Å². The fourth-order valence-corrected chi connectivity index (χ4v) is 1.48. The number of ether oxygens (including phenoxy) is 1. The van der Waals surface area contributed by atoms with E-state index in [0.29, 0.717) is 11.7 Å². The number of carbonyl (C=O) groups is 1. The van der Waals surface area contributed by atoms with Gasteiger partial charge in [-0.25, -0.2) is 0 Å². The van der Waals surface area contributed by atoms with Crippen LogP contribution in [0.3, 0.4) is 0 Å². The molecule has 0 heterocycles. The third-order valence-corrected chi connectivity index (χ3v) is 2.55. The van der Waals surface area contributed by atoms with Gasteiger partial charge in [-0.05, 0) is 37.0 Å². The molecule has 2 rings (SSSR count). The second-order valence-electron chi connectivity index (χ2n) is 3.86. The van der Waals surface area contributed by atoms with Crippen molar-refractivity contribution in [1.29, 1.82) is 0 Å². The van der Waals surface area contributed by atoms with Crippen molar-refractivity contribution < 1.29 is 9.53 Å². The van der Waals surface area contributed by atoms with Gasteiger partial charge in [0.1, 0.15) is 5.75 Å². The summed E-state index contributed by atoms with van der Waals surface area (Å²) in [4.78, 5) is 11.0. The van der Waals surface area contributed by atoms with Crippen LogP contribution >= 0.6 is 0 Å². The third-order valence-electron chi connectivity index (χ3n) is 2.55. The number of rotatable bonds is 4. The Hall–Kier alpha value is -1.51. The van der Waals surface area contributed by atoms with E-state index < -0.39 is 5.91 Å². The average Bonchev–Trinajstić information content (AvgIpc) is 3.01. The molecule has 0 radical (unpaired) electrons. The van der Waals surface area contributed by atoms with Crippen molar-refractivity contribution in [2.45, 2.75) is 32.3 Å². The predicted octanol–water partition coefficient (Wildman–Crippen LogP) is 1.89. The van der Waals surface area contributed by atoms with E-state index in [4.69, 9.17) is 10.5 Å². The minimum Gasteiger partial charge on any atom is -0.490 e. The van der Waals surface area contributed by atoms with Gasteiger partial charge >= 0.3 is 0 Å². The molecule has 80 valence electrons. The van der Waals surface area contributed by atoms with Crippen LogP contribution in [0.1, 0.15) is 35.7 Å². The Labute approximate surface area is 89.2 Å². The molecule has 0 aliphatic heterocycles. The number of nitrogens with two attached hydrogens (primary N) is 1. The van der Waals surface area contributed by atoms with Crippen molar-refractivity contribution in [3.8, 4) is 5.75 Å². The molecule has 1 aromatic rings. The van der Waals surface area contributed by atoms with E-state index in [0.717, 1.165) is 30.6 Å². The maximum Gasteiger partial charge on any atom is 0.248 e. The Balaban J connectivity index is 2.28. The van der Waals surface area contributed by atoms with Crippen LogP contribution in [0.15, 0.2) is 18.2 Å². The van der Waals surface area contributed by atoms with Crippen LogP contribution in [0, 0.1) is 0 Å². The molecule has 1 aromatic carbocycles. The predicted molar refractivity (Wildman–Crippen MR) is 58.0 cm³/mol. The molecule has 1 fully saturated rings. The SMILES string of the molecule is CCc1ccc(C(N)=O)cc1OC1CC1. The highest BCUT2D eigenvalue weighted by Gasteiger charge is 2.24. The summed E-state index contributed by atoms with van der Waals surface area (Å²) in [6.45, 7) is 2.07. The van der Waals surface area contributed by atoms with E-state index >= 15 is 0 Å². The van der Waals surface area contributed by atoms with Crippen molar-refractivity contribution >= 4 is 5.91 Å². The molecule has 1 saturated carbocycles. The van der Waals surface area contributed by atoms with Crippen molar-refractivity contribution in [3.05, 3.63) is 29.3 Å². The van der Waals surface area contributed by atoms with Gasteiger partial charge in [0, 0.05) is 5.56 Å². The molecule has 0 unspecified atom stereocenters. The molecule has 3 heteroatoms. The van der Waals surface area contributed by atoms with E-state index in [-0.39, 0.29) is 0 Å². The zero-order valence-electron chi connectivity index (χ0n) is 8.82. The summed E-state index contributed by atoms with van der Waals surface area (Å²) in [6.07, 6.45) is 3.48. The van der Waals surface area contributed by atoms with E-state index in [1.807, 2.05) is 6.07 Å². The molecule has 1 aliphatic carbocycles. The standard InChI is InChI=1S/C12H15NO2/c1-2-8-3-4-9(12(13)14)7-11(8)15-10-5-6-10/h3-4,7,10H,2,5-6H2,1H3,(H2,13,14). The molecule has 3 nitrogen and oxygen atoms in total. The molecule has 0 saturated heterocycles. The Kier molecular flexibility index (Phi) is 2.62. The third kappa shape index (κ3) is 2.29. The zero-order chi connectivity index (χ0) is 10.8. The maximum atomic E-state index is 11.0. The lowest BCUT2D eigenvalue weighted by Crippen LogP contribution is -2.11. The van der Waals surface area contributed by atoms with E-state index in [1.54, 1.807) is 12.1 Å². The molecule has 15 heavy (non-hydrogen) atoms. The number of primary amides is 1. The Morgan fingerprint density at radius 1 is 1.53 bits per heavy atom. The number of carbonyl (C=O) groups excluding carboxylic acids is 1. The molecular formula is C12H15NO2. The van der Waals surface area contributed by atoms with Gasteiger partial charge in [0.05, 0.1) is 6.10 Å². The second-order valence-corrected chi connectivity index (χ2v) is 3.86. The largest absolute Gasteiger partial charge is 0.490 e. The van der Waals surface area contributed by atoms with Gasteiger partial charge in [-0.1, -0.05) is 13.0 Å². The van der Waals surface area contributed by atoms with Crippen LogP contribution in [0.4, 0.5) is 0 Å². The summed E-state index contributed by atoms with van der Waals surface area (Å²) in [5, 5.41) is 0. The van der Waals surface area contributed by atoms with E-state index in [9.17, 15) is 4.79 Å². The molecule has 0 spiro atoms. The van der Waals surface area contributed by atoms with Gasteiger partial charge in [0.2, 0.25) is 5.91 Å². The van der Waals surface area contributed by atoms with Gasteiger partial charge in [0.25, 0.3) is 0 Å². The summed E-state index contributed by atoms with van der Waals surface area (Å²) < 4.78 is 5.73. The highest BCUT2D eigenvalue weighted by Crippen LogP contribution is 2.30. The summed E-state index contributed by atoms with van der Waals surface area (Å²) in [5.41, 5.74) is 6.87. The lowest BCUT2D eigenvalue weighted by Gasteiger charge is -2.10. The maximum absolute atomic E-state index is 11.0. The number of aryl methyl sites for hydroxylation is 1. The second kappa shape index (κ2) is 3.93.